The molecule has 0 saturated heterocycles. The first-order valence-electron chi connectivity index (χ1n) is 7.84. The summed E-state index contributed by atoms with van der Waals surface area (Å²) in [5, 5.41) is 0.953. The highest BCUT2D eigenvalue weighted by molar-refractivity contribution is 5.90. The second-order valence-corrected chi connectivity index (χ2v) is 7.09. The zero-order chi connectivity index (χ0) is 17.3. The molecule has 0 amide bonds. The Morgan fingerprint density at radius 1 is 1.17 bits per heavy atom. The second-order valence-electron chi connectivity index (χ2n) is 7.09. The third kappa shape index (κ3) is 3.21. The number of aromatic nitrogens is 3. The summed E-state index contributed by atoms with van der Waals surface area (Å²) < 4.78 is 0. The van der Waals surface area contributed by atoms with E-state index in [4.69, 9.17) is 12.2 Å². The van der Waals surface area contributed by atoms with Crippen LogP contribution in [0.4, 0.5) is 5.82 Å². The van der Waals surface area contributed by atoms with E-state index in [0.29, 0.717) is 17.2 Å². The van der Waals surface area contributed by atoms with Crippen molar-refractivity contribution in [3.05, 3.63) is 47.8 Å². The molecular formula is C20H20N4. The van der Waals surface area contributed by atoms with Gasteiger partial charge in [0.25, 0.3) is 0 Å². The molecule has 2 N–H and O–H groups in total. The molecule has 2 aromatic heterocycles. The van der Waals surface area contributed by atoms with Crippen molar-refractivity contribution in [2.75, 3.05) is 5.73 Å². The minimum atomic E-state index is 0.143. The molecule has 0 radical (unpaired) electrons. The SMILES string of the molecule is C#Cc1cccc(-c2ncc3c(CC(C)(C)C)cnc(N)c3n2)c1. The number of nitrogen functional groups attached to an aromatic ring is 1. The van der Waals surface area contributed by atoms with Gasteiger partial charge in [-0.1, -0.05) is 38.8 Å². The van der Waals surface area contributed by atoms with Crippen LogP contribution in [0.15, 0.2) is 36.7 Å². The summed E-state index contributed by atoms with van der Waals surface area (Å²) in [6, 6.07) is 7.60. The molecule has 4 heteroatoms. The van der Waals surface area contributed by atoms with Crippen LogP contribution in [-0.4, -0.2) is 15.0 Å². The van der Waals surface area contributed by atoms with Crippen molar-refractivity contribution in [1.29, 1.82) is 0 Å². The Balaban J connectivity index is 2.14. The highest BCUT2D eigenvalue weighted by Crippen LogP contribution is 2.28. The number of nitrogens with two attached hydrogens (primary N) is 1. The van der Waals surface area contributed by atoms with Crippen LogP contribution in [0.2, 0.25) is 0 Å². The van der Waals surface area contributed by atoms with Gasteiger partial charge in [-0.25, -0.2) is 15.0 Å². The lowest BCUT2D eigenvalue weighted by atomic mass is 9.87. The summed E-state index contributed by atoms with van der Waals surface area (Å²) in [4.78, 5) is 13.5. The molecule has 120 valence electrons. The van der Waals surface area contributed by atoms with Gasteiger partial charge in [0.1, 0.15) is 11.3 Å². The van der Waals surface area contributed by atoms with Crippen molar-refractivity contribution in [1.82, 2.24) is 15.0 Å². The smallest absolute Gasteiger partial charge is 0.159 e. The number of rotatable bonds is 2. The minimum Gasteiger partial charge on any atom is -0.382 e. The van der Waals surface area contributed by atoms with Crippen LogP contribution in [0.3, 0.4) is 0 Å². The van der Waals surface area contributed by atoms with Crippen LogP contribution in [0.5, 0.6) is 0 Å². The average Bonchev–Trinajstić information content (AvgIpc) is 2.56. The number of terminal acetylenes is 1. The molecule has 0 fully saturated rings. The van der Waals surface area contributed by atoms with Gasteiger partial charge in [0, 0.05) is 28.9 Å². The molecule has 2 heterocycles. The monoisotopic (exact) mass is 316 g/mol. The number of nitrogens with zero attached hydrogens (tertiary/aromatic N) is 3. The van der Waals surface area contributed by atoms with Crippen LogP contribution in [0, 0.1) is 17.8 Å². The van der Waals surface area contributed by atoms with Crippen LogP contribution in [0.25, 0.3) is 22.3 Å². The van der Waals surface area contributed by atoms with Gasteiger partial charge in [-0.2, -0.15) is 0 Å². The molecule has 1 aromatic carbocycles. The van der Waals surface area contributed by atoms with Crippen molar-refractivity contribution in [3.8, 4) is 23.7 Å². The van der Waals surface area contributed by atoms with E-state index in [9.17, 15) is 0 Å². The first-order valence-corrected chi connectivity index (χ1v) is 7.84. The standard InChI is InChI=1S/C20H20N4/c1-5-13-7-6-8-14(9-13)19-23-12-16-15(10-20(2,3)4)11-22-18(21)17(16)24-19/h1,6-9,11-12H,10H2,2-4H3,(H2,21,22). The summed E-state index contributed by atoms with van der Waals surface area (Å²) in [7, 11) is 0. The third-order valence-electron chi connectivity index (χ3n) is 3.75. The van der Waals surface area contributed by atoms with E-state index in [2.05, 4.69) is 41.6 Å². The fourth-order valence-corrected chi connectivity index (χ4v) is 2.69. The van der Waals surface area contributed by atoms with E-state index < -0.39 is 0 Å². The van der Waals surface area contributed by atoms with Gasteiger partial charge in [0.05, 0.1) is 0 Å². The van der Waals surface area contributed by atoms with E-state index in [1.807, 2.05) is 36.7 Å². The molecule has 24 heavy (non-hydrogen) atoms. The zero-order valence-electron chi connectivity index (χ0n) is 14.2. The lowest BCUT2D eigenvalue weighted by Crippen LogP contribution is -2.11. The van der Waals surface area contributed by atoms with Gasteiger partial charge in [-0.15, -0.1) is 6.42 Å². The van der Waals surface area contributed by atoms with Crippen molar-refractivity contribution in [2.24, 2.45) is 5.41 Å². The lowest BCUT2D eigenvalue weighted by molar-refractivity contribution is 0.412. The maximum absolute atomic E-state index is 6.06. The fraction of sp³-hybridized carbons (Fsp3) is 0.250. The van der Waals surface area contributed by atoms with E-state index in [0.717, 1.165) is 28.5 Å². The van der Waals surface area contributed by atoms with E-state index in [1.54, 1.807) is 0 Å². The molecule has 0 aliphatic heterocycles. The molecule has 0 spiro atoms. The van der Waals surface area contributed by atoms with E-state index in [1.165, 1.54) is 0 Å². The quantitative estimate of drug-likeness (QED) is 0.729. The molecule has 0 atom stereocenters. The summed E-state index contributed by atoms with van der Waals surface area (Å²) >= 11 is 0. The number of fused-ring (bicyclic) bond motifs is 1. The van der Waals surface area contributed by atoms with Gasteiger partial charge < -0.3 is 5.73 Å². The Labute approximate surface area is 142 Å². The highest BCUT2D eigenvalue weighted by Gasteiger charge is 2.16. The normalized spacial score (nSPS) is 11.4. The van der Waals surface area contributed by atoms with Crippen LogP contribution < -0.4 is 5.73 Å². The number of benzene rings is 1. The molecule has 4 nitrogen and oxygen atoms in total. The third-order valence-corrected chi connectivity index (χ3v) is 3.75. The highest BCUT2D eigenvalue weighted by atomic mass is 14.9. The zero-order valence-corrected chi connectivity index (χ0v) is 14.2. The van der Waals surface area contributed by atoms with E-state index in [-0.39, 0.29) is 5.41 Å². The Hall–Kier alpha value is -2.93. The molecule has 0 aliphatic carbocycles. The molecular weight excluding hydrogens is 296 g/mol. The summed E-state index contributed by atoms with van der Waals surface area (Å²) in [6.45, 7) is 6.57. The fourth-order valence-electron chi connectivity index (χ4n) is 2.69. The Kier molecular flexibility index (Phi) is 3.94. The van der Waals surface area contributed by atoms with Gasteiger partial charge in [0.2, 0.25) is 0 Å². The Bertz CT molecular complexity index is 946. The molecule has 0 saturated carbocycles. The predicted octanol–water partition coefficient (Wildman–Crippen LogP) is 3.84. The molecule has 3 rings (SSSR count). The number of anilines is 1. The van der Waals surface area contributed by atoms with Crippen LogP contribution in [-0.2, 0) is 6.42 Å². The number of hydrogen-bond donors (Lipinski definition) is 1. The minimum absolute atomic E-state index is 0.143. The largest absolute Gasteiger partial charge is 0.382 e. The van der Waals surface area contributed by atoms with E-state index >= 15 is 0 Å². The maximum atomic E-state index is 6.06. The summed E-state index contributed by atoms with van der Waals surface area (Å²) in [6.07, 6.45) is 10.0. The Morgan fingerprint density at radius 3 is 2.67 bits per heavy atom. The molecule has 0 unspecified atom stereocenters. The summed E-state index contributed by atoms with van der Waals surface area (Å²) in [5.41, 5.74) is 9.66. The number of pyridine rings is 1. The molecule has 3 aromatic rings. The van der Waals surface area contributed by atoms with Gasteiger partial charge in [-0.05, 0) is 29.5 Å². The van der Waals surface area contributed by atoms with Gasteiger partial charge in [-0.3, -0.25) is 0 Å². The van der Waals surface area contributed by atoms with Gasteiger partial charge >= 0.3 is 0 Å². The molecule has 0 aliphatic rings. The first kappa shape index (κ1) is 15.9. The second kappa shape index (κ2) is 5.93. The van der Waals surface area contributed by atoms with Gasteiger partial charge in [0.15, 0.2) is 5.82 Å². The van der Waals surface area contributed by atoms with Crippen molar-refractivity contribution < 1.29 is 0 Å². The maximum Gasteiger partial charge on any atom is 0.159 e. The summed E-state index contributed by atoms with van der Waals surface area (Å²) in [5.74, 6) is 3.64. The Morgan fingerprint density at radius 2 is 1.96 bits per heavy atom. The lowest BCUT2D eigenvalue weighted by Gasteiger charge is -2.19. The van der Waals surface area contributed by atoms with Crippen LogP contribution >= 0.6 is 0 Å². The van der Waals surface area contributed by atoms with Crippen molar-refractivity contribution in [3.63, 3.8) is 0 Å². The first-order chi connectivity index (χ1) is 11.4. The average molecular weight is 316 g/mol. The van der Waals surface area contributed by atoms with Crippen LogP contribution in [0.1, 0.15) is 31.9 Å². The van der Waals surface area contributed by atoms with Crippen molar-refractivity contribution in [2.45, 2.75) is 27.2 Å². The van der Waals surface area contributed by atoms with Crippen molar-refractivity contribution >= 4 is 16.7 Å². The predicted molar refractivity (Wildman–Crippen MR) is 98.3 cm³/mol. The molecule has 0 bridgehead atoms. The number of hydrogen-bond acceptors (Lipinski definition) is 4. The topological polar surface area (TPSA) is 64.7 Å².